The zero-order chi connectivity index (χ0) is 10.2. The highest BCUT2D eigenvalue weighted by Crippen LogP contribution is 2.38. The lowest BCUT2D eigenvalue weighted by Gasteiger charge is -2.13. The SMILES string of the molecule is Cc1c(Br)cc(C(C)C)c(Br)c1O. The van der Waals surface area contributed by atoms with Crippen LogP contribution in [0.25, 0.3) is 0 Å². The minimum absolute atomic E-state index is 0.332. The molecule has 0 heterocycles. The molecule has 0 aliphatic rings. The minimum atomic E-state index is 0.332. The highest BCUT2D eigenvalue weighted by Gasteiger charge is 2.13. The summed E-state index contributed by atoms with van der Waals surface area (Å²) in [7, 11) is 0. The summed E-state index contributed by atoms with van der Waals surface area (Å²) in [6, 6.07) is 2.05. The average molecular weight is 308 g/mol. The van der Waals surface area contributed by atoms with Gasteiger partial charge in [-0.2, -0.15) is 0 Å². The van der Waals surface area contributed by atoms with Gasteiger partial charge in [-0.15, -0.1) is 0 Å². The Bertz CT molecular complexity index is 332. The molecular weight excluding hydrogens is 296 g/mol. The molecule has 0 bridgehead atoms. The van der Waals surface area contributed by atoms with Crippen LogP contribution in [-0.2, 0) is 0 Å². The predicted octanol–water partition coefficient (Wildman–Crippen LogP) is 4.35. The summed E-state index contributed by atoms with van der Waals surface area (Å²) in [5.41, 5.74) is 1.99. The van der Waals surface area contributed by atoms with Crippen molar-refractivity contribution in [2.45, 2.75) is 26.7 Å². The Morgan fingerprint density at radius 2 is 1.85 bits per heavy atom. The van der Waals surface area contributed by atoms with Gasteiger partial charge in [0, 0.05) is 10.0 Å². The first-order valence-electron chi connectivity index (χ1n) is 4.12. The number of hydrogen-bond acceptors (Lipinski definition) is 1. The molecule has 1 aromatic rings. The summed E-state index contributed by atoms with van der Waals surface area (Å²) in [6.07, 6.45) is 0. The highest BCUT2D eigenvalue weighted by molar-refractivity contribution is 9.11. The molecule has 0 saturated carbocycles. The Hall–Kier alpha value is -0.0200. The van der Waals surface area contributed by atoms with Crippen LogP contribution in [0.3, 0.4) is 0 Å². The van der Waals surface area contributed by atoms with Gasteiger partial charge in [0.1, 0.15) is 5.75 Å². The van der Waals surface area contributed by atoms with E-state index in [0.29, 0.717) is 11.7 Å². The first-order valence-corrected chi connectivity index (χ1v) is 5.71. The normalized spacial score (nSPS) is 10.9. The Morgan fingerprint density at radius 3 is 2.31 bits per heavy atom. The third kappa shape index (κ3) is 2.08. The summed E-state index contributed by atoms with van der Waals surface area (Å²) in [5.74, 6) is 0.732. The van der Waals surface area contributed by atoms with Gasteiger partial charge < -0.3 is 5.11 Å². The van der Waals surface area contributed by atoms with Crippen molar-refractivity contribution in [2.75, 3.05) is 0 Å². The van der Waals surface area contributed by atoms with Crippen molar-refractivity contribution in [3.05, 3.63) is 26.1 Å². The van der Waals surface area contributed by atoms with E-state index in [1.165, 1.54) is 0 Å². The average Bonchev–Trinajstić information content (AvgIpc) is 2.07. The maximum atomic E-state index is 9.74. The molecule has 1 nitrogen and oxygen atoms in total. The number of halogens is 2. The monoisotopic (exact) mass is 306 g/mol. The fraction of sp³-hybridized carbons (Fsp3) is 0.400. The zero-order valence-electron chi connectivity index (χ0n) is 7.86. The second-order valence-corrected chi connectivity index (χ2v) is 5.04. The Morgan fingerprint density at radius 1 is 1.31 bits per heavy atom. The molecule has 13 heavy (non-hydrogen) atoms. The molecular formula is C10H12Br2O. The molecule has 1 aromatic carbocycles. The van der Waals surface area contributed by atoms with Gasteiger partial charge in [0.15, 0.2) is 0 Å². The van der Waals surface area contributed by atoms with Gasteiger partial charge in [0.25, 0.3) is 0 Å². The van der Waals surface area contributed by atoms with Gasteiger partial charge in [-0.3, -0.25) is 0 Å². The first kappa shape index (κ1) is 11.1. The number of aromatic hydroxyl groups is 1. The molecule has 0 amide bonds. The number of phenols is 1. The third-order valence-electron chi connectivity index (χ3n) is 2.08. The van der Waals surface area contributed by atoms with Gasteiger partial charge in [-0.05, 0) is 40.4 Å². The number of rotatable bonds is 1. The molecule has 0 fully saturated rings. The lowest BCUT2D eigenvalue weighted by Crippen LogP contribution is -1.92. The van der Waals surface area contributed by atoms with Crippen molar-refractivity contribution in [1.82, 2.24) is 0 Å². The van der Waals surface area contributed by atoms with Gasteiger partial charge in [-0.1, -0.05) is 29.8 Å². The molecule has 0 radical (unpaired) electrons. The highest BCUT2D eigenvalue weighted by atomic mass is 79.9. The first-order chi connectivity index (χ1) is 5.95. The van der Waals surface area contributed by atoms with Crippen LogP contribution in [-0.4, -0.2) is 5.11 Å². The van der Waals surface area contributed by atoms with Crippen LogP contribution in [0.4, 0.5) is 0 Å². The Labute approximate surface area is 95.4 Å². The molecule has 1 N–H and O–H groups in total. The largest absolute Gasteiger partial charge is 0.506 e. The molecule has 3 heteroatoms. The van der Waals surface area contributed by atoms with Gasteiger partial charge in [-0.25, -0.2) is 0 Å². The van der Waals surface area contributed by atoms with E-state index in [1.54, 1.807) is 0 Å². The van der Waals surface area contributed by atoms with Crippen LogP contribution in [0.2, 0.25) is 0 Å². The van der Waals surface area contributed by atoms with Crippen LogP contribution in [0.5, 0.6) is 5.75 Å². The summed E-state index contributed by atoms with van der Waals surface area (Å²) < 4.78 is 1.76. The molecule has 0 spiro atoms. The van der Waals surface area contributed by atoms with E-state index >= 15 is 0 Å². The van der Waals surface area contributed by atoms with E-state index in [1.807, 2.05) is 13.0 Å². The molecule has 0 aliphatic heterocycles. The molecule has 0 saturated heterocycles. The van der Waals surface area contributed by atoms with E-state index in [-0.39, 0.29) is 0 Å². The van der Waals surface area contributed by atoms with Crippen molar-refractivity contribution >= 4 is 31.9 Å². The lowest BCUT2D eigenvalue weighted by molar-refractivity contribution is 0.465. The molecule has 0 unspecified atom stereocenters. The zero-order valence-corrected chi connectivity index (χ0v) is 11.0. The molecule has 0 aliphatic carbocycles. The van der Waals surface area contributed by atoms with Gasteiger partial charge in [0.05, 0.1) is 4.47 Å². The van der Waals surface area contributed by atoms with Crippen LogP contribution >= 0.6 is 31.9 Å². The maximum Gasteiger partial charge on any atom is 0.134 e. The van der Waals surface area contributed by atoms with Crippen LogP contribution in [0.15, 0.2) is 15.0 Å². The summed E-state index contributed by atoms with van der Waals surface area (Å²) in [5, 5.41) is 9.74. The second kappa shape index (κ2) is 4.01. The smallest absolute Gasteiger partial charge is 0.134 e. The van der Waals surface area contributed by atoms with Crippen molar-refractivity contribution in [3.8, 4) is 5.75 Å². The quantitative estimate of drug-likeness (QED) is 0.818. The van der Waals surface area contributed by atoms with E-state index in [9.17, 15) is 5.11 Å². The fourth-order valence-electron chi connectivity index (χ4n) is 1.14. The standard InChI is InChI=1S/C10H12Br2O/c1-5(2)7-4-8(11)6(3)10(13)9(7)12/h4-5,13H,1-3H3. The Balaban J connectivity index is 3.41. The topological polar surface area (TPSA) is 20.2 Å². The van der Waals surface area contributed by atoms with Crippen LogP contribution in [0, 0.1) is 6.92 Å². The Kier molecular flexibility index (Phi) is 3.41. The van der Waals surface area contributed by atoms with Crippen molar-refractivity contribution in [1.29, 1.82) is 0 Å². The van der Waals surface area contributed by atoms with E-state index < -0.39 is 0 Å². The predicted molar refractivity (Wildman–Crippen MR) is 62.3 cm³/mol. The number of hydrogen-bond donors (Lipinski definition) is 1. The summed E-state index contributed by atoms with van der Waals surface area (Å²) in [4.78, 5) is 0. The molecule has 0 aromatic heterocycles. The second-order valence-electron chi connectivity index (χ2n) is 3.39. The van der Waals surface area contributed by atoms with Gasteiger partial charge in [0.2, 0.25) is 0 Å². The lowest BCUT2D eigenvalue weighted by atomic mass is 10.0. The van der Waals surface area contributed by atoms with Crippen molar-refractivity contribution in [2.24, 2.45) is 0 Å². The summed E-state index contributed by atoms with van der Waals surface area (Å²) >= 11 is 6.81. The fourth-order valence-corrected chi connectivity index (χ4v) is 2.45. The van der Waals surface area contributed by atoms with Crippen molar-refractivity contribution in [3.63, 3.8) is 0 Å². The van der Waals surface area contributed by atoms with Crippen molar-refractivity contribution < 1.29 is 5.11 Å². The van der Waals surface area contributed by atoms with E-state index in [0.717, 1.165) is 20.1 Å². The molecule has 72 valence electrons. The molecule has 1 rings (SSSR count). The maximum absolute atomic E-state index is 9.74. The van der Waals surface area contributed by atoms with Crippen LogP contribution < -0.4 is 0 Å². The van der Waals surface area contributed by atoms with Crippen LogP contribution in [0.1, 0.15) is 30.9 Å². The molecule has 0 atom stereocenters. The van der Waals surface area contributed by atoms with Gasteiger partial charge >= 0.3 is 0 Å². The summed E-state index contributed by atoms with van der Waals surface area (Å²) in [6.45, 7) is 6.08. The number of benzene rings is 1. The number of phenolic OH excluding ortho intramolecular Hbond substituents is 1. The van der Waals surface area contributed by atoms with E-state index in [4.69, 9.17) is 0 Å². The third-order valence-corrected chi connectivity index (χ3v) is 3.74. The minimum Gasteiger partial charge on any atom is -0.506 e. The van der Waals surface area contributed by atoms with E-state index in [2.05, 4.69) is 45.7 Å².